The number of rotatable bonds is 4. The first kappa shape index (κ1) is 16.7. The van der Waals surface area contributed by atoms with Crippen molar-refractivity contribution in [3.8, 4) is 0 Å². The molecule has 1 N–H and O–H groups in total. The van der Waals surface area contributed by atoms with Crippen molar-refractivity contribution >= 4 is 15.9 Å². The summed E-state index contributed by atoms with van der Waals surface area (Å²) in [6, 6.07) is 7.24. The number of aromatic nitrogens is 2. The first-order valence-corrected chi connectivity index (χ1v) is 9.65. The molecule has 6 nitrogen and oxygen atoms in total. The summed E-state index contributed by atoms with van der Waals surface area (Å²) in [4.78, 5) is 12.4. The van der Waals surface area contributed by atoms with Crippen LogP contribution in [0.3, 0.4) is 0 Å². The molecule has 1 amide bonds. The zero-order valence-corrected chi connectivity index (χ0v) is 14.6. The Kier molecular flexibility index (Phi) is 4.45. The van der Waals surface area contributed by atoms with E-state index in [9.17, 15) is 13.2 Å². The Morgan fingerprint density at radius 1 is 1.38 bits per heavy atom. The third-order valence-electron chi connectivity index (χ3n) is 4.42. The number of carbonyl (C=O) groups is 1. The van der Waals surface area contributed by atoms with Gasteiger partial charge in [-0.25, -0.2) is 13.1 Å². The normalized spacial score (nSPS) is 17.3. The quantitative estimate of drug-likeness (QED) is 0.918. The van der Waals surface area contributed by atoms with E-state index in [4.69, 9.17) is 0 Å². The summed E-state index contributed by atoms with van der Waals surface area (Å²) >= 11 is 0. The molecule has 1 aromatic carbocycles. The van der Waals surface area contributed by atoms with Gasteiger partial charge in [0.2, 0.25) is 10.0 Å². The van der Waals surface area contributed by atoms with Crippen LogP contribution in [0.15, 0.2) is 30.5 Å². The Hall–Kier alpha value is -2.15. The van der Waals surface area contributed by atoms with Crippen molar-refractivity contribution in [2.45, 2.75) is 39.0 Å². The van der Waals surface area contributed by atoms with Crippen molar-refractivity contribution in [3.63, 3.8) is 0 Å². The lowest BCUT2D eigenvalue weighted by molar-refractivity contribution is 0.0979. The van der Waals surface area contributed by atoms with Gasteiger partial charge in [-0.05, 0) is 36.8 Å². The Morgan fingerprint density at radius 3 is 2.88 bits per heavy atom. The fourth-order valence-corrected chi connectivity index (χ4v) is 4.19. The molecule has 24 heavy (non-hydrogen) atoms. The van der Waals surface area contributed by atoms with E-state index >= 15 is 0 Å². The van der Waals surface area contributed by atoms with Crippen molar-refractivity contribution in [2.75, 3.05) is 0 Å². The highest BCUT2D eigenvalue weighted by molar-refractivity contribution is 7.89. The molecule has 0 saturated carbocycles. The largest absolute Gasteiger partial charge is 0.269 e. The molecule has 0 bridgehead atoms. The molecule has 1 aromatic heterocycles. The van der Waals surface area contributed by atoms with Crippen LogP contribution in [0.25, 0.3) is 0 Å². The molecule has 2 heterocycles. The van der Waals surface area contributed by atoms with Crippen LogP contribution in [-0.4, -0.2) is 24.1 Å². The molecule has 0 radical (unpaired) electrons. The van der Waals surface area contributed by atoms with Crippen LogP contribution in [0.4, 0.5) is 0 Å². The van der Waals surface area contributed by atoms with E-state index in [0.29, 0.717) is 17.0 Å². The fourth-order valence-electron chi connectivity index (χ4n) is 2.99. The van der Waals surface area contributed by atoms with Crippen LogP contribution >= 0.6 is 0 Å². The second-order valence-electron chi connectivity index (χ2n) is 6.44. The van der Waals surface area contributed by atoms with Gasteiger partial charge in [-0.2, -0.15) is 5.10 Å². The van der Waals surface area contributed by atoms with Gasteiger partial charge in [0.05, 0.1) is 23.2 Å². The minimum Gasteiger partial charge on any atom is -0.269 e. The number of benzene rings is 1. The zero-order valence-electron chi connectivity index (χ0n) is 13.8. The van der Waals surface area contributed by atoms with Crippen LogP contribution in [0.2, 0.25) is 0 Å². The number of carbonyl (C=O) groups excluding carboxylic acids is 1. The van der Waals surface area contributed by atoms with Crippen LogP contribution < -0.4 is 4.72 Å². The van der Waals surface area contributed by atoms with E-state index in [1.807, 2.05) is 19.1 Å². The highest BCUT2D eigenvalue weighted by atomic mass is 32.2. The van der Waals surface area contributed by atoms with Gasteiger partial charge in [0.25, 0.3) is 5.91 Å². The van der Waals surface area contributed by atoms with E-state index in [1.54, 1.807) is 16.8 Å². The number of nitrogens with one attached hydrogen (secondary N) is 1. The van der Waals surface area contributed by atoms with E-state index < -0.39 is 15.9 Å². The molecule has 2 aromatic rings. The molecule has 0 saturated heterocycles. The summed E-state index contributed by atoms with van der Waals surface area (Å²) < 4.78 is 28.6. The maximum Gasteiger partial charge on any atom is 0.268 e. The molecule has 1 aliphatic rings. The van der Waals surface area contributed by atoms with Crippen LogP contribution in [-0.2, 0) is 28.7 Å². The van der Waals surface area contributed by atoms with E-state index in [-0.39, 0.29) is 5.75 Å². The van der Waals surface area contributed by atoms with Crippen LogP contribution in [0.5, 0.6) is 0 Å². The van der Waals surface area contributed by atoms with Gasteiger partial charge in [0, 0.05) is 6.54 Å². The van der Waals surface area contributed by atoms with Crippen molar-refractivity contribution in [3.05, 3.63) is 52.8 Å². The Bertz CT molecular complexity index is 871. The number of sulfonamides is 1. The average molecular weight is 347 g/mol. The lowest BCUT2D eigenvalue weighted by Crippen LogP contribution is -2.33. The van der Waals surface area contributed by atoms with Crippen molar-refractivity contribution in [1.29, 1.82) is 0 Å². The third kappa shape index (κ3) is 3.51. The van der Waals surface area contributed by atoms with Gasteiger partial charge in [0.15, 0.2) is 0 Å². The summed E-state index contributed by atoms with van der Waals surface area (Å²) in [6.45, 7) is 4.73. The summed E-state index contributed by atoms with van der Waals surface area (Å²) in [6.07, 6.45) is 3.22. The number of aryl methyl sites for hydroxylation is 2. The first-order chi connectivity index (χ1) is 11.4. The molecule has 128 valence electrons. The minimum absolute atomic E-state index is 0.217. The summed E-state index contributed by atoms with van der Waals surface area (Å²) in [5.74, 6) is -0.353. The number of hydrogen-bond acceptors (Lipinski definition) is 4. The van der Waals surface area contributed by atoms with Gasteiger partial charge >= 0.3 is 0 Å². The van der Waals surface area contributed by atoms with E-state index in [2.05, 4.69) is 16.7 Å². The van der Waals surface area contributed by atoms with Crippen LogP contribution in [0.1, 0.15) is 40.5 Å². The lowest BCUT2D eigenvalue weighted by Gasteiger charge is -2.20. The van der Waals surface area contributed by atoms with Gasteiger partial charge in [-0.15, -0.1) is 0 Å². The maximum atomic E-state index is 12.4. The van der Waals surface area contributed by atoms with Gasteiger partial charge in [-0.1, -0.05) is 31.2 Å². The third-order valence-corrected chi connectivity index (χ3v) is 5.61. The van der Waals surface area contributed by atoms with Crippen molar-refractivity contribution in [2.24, 2.45) is 5.92 Å². The predicted octanol–water partition coefficient (Wildman–Crippen LogP) is 2.03. The number of fused-ring (bicyclic) bond motifs is 1. The maximum absolute atomic E-state index is 12.4. The summed E-state index contributed by atoms with van der Waals surface area (Å²) in [7, 11) is -3.76. The second-order valence-corrected chi connectivity index (χ2v) is 8.17. The van der Waals surface area contributed by atoms with Gasteiger partial charge < -0.3 is 0 Å². The molecule has 7 heteroatoms. The lowest BCUT2D eigenvalue weighted by atomic mass is 9.96. The van der Waals surface area contributed by atoms with Crippen molar-refractivity contribution in [1.82, 2.24) is 14.5 Å². The highest BCUT2D eigenvalue weighted by Crippen LogP contribution is 2.22. The molecule has 3 rings (SSSR count). The zero-order chi connectivity index (χ0) is 17.3. The molecule has 0 spiro atoms. The minimum atomic E-state index is -3.76. The number of nitrogens with zero attached hydrogens (tertiary/aromatic N) is 2. The molecule has 1 atom stereocenters. The monoisotopic (exact) mass is 347 g/mol. The first-order valence-electron chi connectivity index (χ1n) is 8.00. The summed E-state index contributed by atoms with van der Waals surface area (Å²) in [5.41, 5.74) is 2.74. The van der Waals surface area contributed by atoms with Crippen molar-refractivity contribution < 1.29 is 13.2 Å². The molecular weight excluding hydrogens is 326 g/mol. The highest BCUT2D eigenvalue weighted by Gasteiger charge is 2.25. The average Bonchev–Trinajstić information content (AvgIpc) is 2.92. The number of hydrogen-bond donors (Lipinski definition) is 1. The molecule has 1 unspecified atom stereocenters. The fraction of sp³-hybridized carbons (Fsp3) is 0.412. The standard InChI is InChI=1S/C17H21N3O3S/c1-12-7-8-20-16(9-12)15(10-18-20)17(21)19-24(22,23)11-14-6-4-3-5-13(14)2/h3-6,10,12H,7-9,11H2,1-2H3,(H,19,21). The molecule has 0 aliphatic carbocycles. The SMILES string of the molecule is Cc1ccccc1CS(=O)(=O)NC(=O)c1cnn2c1CC(C)CC2. The Morgan fingerprint density at radius 2 is 2.12 bits per heavy atom. The van der Waals surface area contributed by atoms with Gasteiger partial charge in [0.1, 0.15) is 0 Å². The Labute approximate surface area is 141 Å². The van der Waals surface area contributed by atoms with E-state index in [0.717, 1.165) is 30.6 Å². The second kappa shape index (κ2) is 6.39. The molecular formula is C17H21N3O3S. The van der Waals surface area contributed by atoms with Gasteiger partial charge in [-0.3, -0.25) is 9.48 Å². The predicted molar refractivity (Wildman–Crippen MR) is 91.0 cm³/mol. The molecule has 1 aliphatic heterocycles. The van der Waals surface area contributed by atoms with Crippen LogP contribution in [0, 0.1) is 12.8 Å². The number of amides is 1. The summed E-state index contributed by atoms with van der Waals surface area (Å²) in [5, 5.41) is 4.20. The Balaban J connectivity index is 1.77. The topological polar surface area (TPSA) is 81.1 Å². The van der Waals surface area contributed by atoms with E-state index in [1.165, 1.54) is 6.20 Å². The molecule has 0 fully saturated rings. The smallest absolute Gasteiger partial charge is 0.268 e.